The van der Waals surface area contributed by atoms with Gasteiger partial charge in [-0.15, -0.1) is 0 Å². The Morgan fingerprint density at radius 2 is 1.86 bits per heavy atom. The van der Waals surface area contributed by atoms with Crippen molar-refractivity contribution >= 4 is 28.5 Å². The lowest BCUT2D eigenvalue weighted by Gasteiger charge is -2.47. The Labute approximate surface area is 251 Å². The number of aliphatic hydroxyl groups is 1. The number of anilines is 1. The number of aromatic hydroxyl groups is 1. The van der Waals surface area contributed by atoms with Crippen molar-refractivity contribution in [1.82, 2.24) is 9.97 Å². The Bertz CT molecular complexity index is 1790. The molecule has 4 N–H and O–H groups in total. The fourth-order valence-electron chi connectivity index (χ4n) is 5.22. The lowest BCUT2D eigenvalue weighted by Crippen LogP contribution is -2.65. The number of aryl methyl sites for hydroxylation is 3. The Hall–Kier alpha value is -4.72. The fourth-order valence-corrected chi connectivity index (χ4v) is 5.22. The van der Waals surface area contributed by atoms with Crippen molar-refractivity contribution in [3.05, 3.63) is 81.2 Å². The van der Waals surface area contributed by atoms with Gasteiger partial charge in [-0.2, -0.15) is 0 Å². The van der Waals surface area contributed by atoms with Crippen molar-refractivity contribution in [2.45, 2.75) is 64.8 Å². The zero-order valence-corrected chi connectivity index (χ0v) is 25.0. The van der Waals surface area contributed by atoms with E-state index in [-0.39, 0.29) is 28.0 Å². The minimum Gasteiger partial charge on any atom is -0.505 e. The van der Waals surface area contributed by atoms with E-state index < -0.39 is 59.1 Å². The Kier molecular flexibility index (Phi) is 8.21. The van der Waals surface area contributed by atoms with Gasteiger partial charge in [0, 0.05) is 35.8 Å². The second kappa shape index (κ2) is 11.8. The summed E-state index contributed by atoms with van der Waals surface area (Å²) in [6, 6.07) is 9.23. The SMILES string of the molecule is CO[C@@H]1[C@@H](OC(=O)c2ccc(C)[nH]2)[C@@H](O)[C@H](Oc2ccc3c(O)c(NC(=O)c4ccnc(C)c4)c(=O)oc3c2C)OC1(C)C. The molecule has 3 aromatic heterocycles. The molecule has 0 saturated carbocycles. The molecule has 1 aromatic carbocycles. The summed E-state index contributed by atoms with van der Waals surface area (Å²) < 4.78 is 28.9. The number of esters is 1. The molecular weight excluding hydrogens is 574 g/mol. The lowest BCUT2D eigenvalue weighted by atomic mass is 9.89. The standard InChI is InChI=1S/C31H33N3O10/c1-14-7-9-19(33-14)28(38)43-25-23(36)30(44-31(4,5)26(25)40-6)41-20-10-8-18-22(35)21(29(39)42-24(18)16(20)3)34-27(37)17-11-12-32-15(2)13-17/h7-13,23,25-26,30,33,35-36H,1-6H3,(H,34,37)/t23-,25+,26-,30-/m1/s1. The number of benzene rings is 1. The molecule has 4 heterocycles. The quantitative estimate of drug-likeness (QED) is 0.178. The van der Waals surface area contributed by atoms with Crippen LogP contribution in [0.3, 0.4) is 0 Å². The number of carbonyl (C=O) groups is 2. The van der Waals surface area contributed by atoms with Gasteiger partial charge in [-0.1, -0.05) is 0 Å². The molecule has 4 atom stereocenters. The highest BCUT2D eigenvalue weighted by atomic mass is 16.7. The zero-order valence-electron chi connectivity index (χ0n) is 25.0. The molecule has 1 saturated heterocycles. The number of hydrogen-bond acceptors (Lipinski definition) is 11. The van der Waals surface area contributed by atoms with Crippen LogP contribution in [0.25, 0.3) is 11.0 Å². The van der Waals surface area contributed by atoms with E-state index >= 15 is 0 Å². The van der Waals surface area contributed by atoms with E-state index in [1.165, 1.54) is 37.6 Å². The Balaban J connectivity index is 1.42. The Morgan fingerprint density at radius 1 is 1.11 bits per heavy atom. The van der Waals surface area contributed by atoms with Gasteiger partial charge in [0.25, 0.3) is 5.91 Å². The molecule has 232 valence electrons. The molecule has 0 aliphatic carbocycles. The highest BCUT2D eigenvalue weighted by Crippen LogP contribution is 2.38. The van der Waals surface area contributed by atoms with Crippen LogP contribution < -0.4 is 15.7 Å². The molecule has 1 fully saturated rings. The van der Waals surface area contributed by atoms with Gasteiger partial charge in [0.15, 0.2) is 23.6 Å². The van der Waals surface area contributed by atoms with Gasteiger partial charge in [-0.05, 0) is 71.0 Å². The van der Waals surface area contributed by atoms with E-state index in [4.69, 9.17) is 23.4 Å². The molecule has 44 heavy (non-hydrogen) atoms. The summed E-state index contributed by atoms with van der Waals surface area (Å²) in [5.41, 5.74) is -0.385. The molecule has 13 heteroatoms. The minimum atomic E-state index is -1.49. The Morgan fingerprint density at radius 3 is 2.52 bits per heavy atom. The second-order valence-corrected chi connectivity index (χ2v) is 11.1. The smallest absolute Gasteiger partial charge is 0.364 e. The molecular formula is C31H33N3O10. The second-order valence-electron chi connectivity index (χ2n) is 11.1. The average Bonchev–Trinajstić information content (AvgIpc) is 3.41. The first kappa shape index (κ1) is 30.7. The van der Waals surface area contributed by atoms with Crippen LogP contribution in [0.2, 0.25) is 0 Å². The predicted molar refractivity (Wildman–Crippen MR) is 157 cm³/mol. The van der Waals surface area contributed by atoms with E-state index in [1.54, 1.807) is 46.8 Å². The number of ether oxygens (including phenoxy) is 4. The van der Waals surface area contributed by atoms with Gasteiger partial charge in [0.1, 0.15) is 23.1 Å². The molecule has 0 bridgehead atoms. The number of nitrogens with one attached hydrogen (secondary N) is 2. The molecule has 4 aromatic rings. The van der Waals surface area contributed by atoms with E-state index in [9.17, 15) is 24.6 Å². The molecule has 0 radical (unpaired) electrons. The first-order valence-electron chi connectivity index (χ1n) is 13.8. The summed E-state index contributed by atoms with van der Waals surface area (Å²) in [6.45, 7) is 8.50. The maximum atomic E-state index is 12.9. The van der Waals surface area contributed by atoms with Crippen LogP contribution >= 0.6 is 0 Å². The topological polar surface area (TPSA) is 182 Å². The van der Waals surface area contributed by atoms with Gasteiger partial charge in [-0.3, -0.25) is 9.78 Å². The number of H-pyrrole nitrogens is 1. The summed E-state index contributed by atoms with van der Waals surface area (Å²) in [7, 11) is 1.42. The van der Waals surface area contributed by atoms with E-state index in [1.807, 2.05) is 0 Å². The monoisotopic (exact) mass is 607 g/mol. The fraction of sp³-hybridized carbons (Fsp3) is 0.355. The van der Waals surface area contributed by atoms with Crippen LogP contribution in [0.4, 0.5) is 5.69 Å². The predicted octanol–water partition coefficient (Wildman–Crippen LogP) is 3.51. The maximum absolute atomic E-state index is 12.9. The van der Waals surface area contributed by atoms with Gasteiger partial charge in [0.05, 0.1) is 11.0 Å². The van der Waals surface area contributed by atoms with Gasteiger partial charge < -0.3 is 43.9 Å². The summed E-state index contributed by atoms with van der Waals surface area (Å²) in [5, 5.41) is 24.8. The van der Waals surface area contributed by atoms with Crippen molar-refractivity contribution in [2.24, 2.45) is 0 Å². The van der Waals surface area contributed by atoms with Crippen molar-refractivity contribution in [1.29, 1.82) is 0 Å². The molecule has 5 rings (SSSR count). The van der Waals surface area contributed by atoms with Crippen LogP contribution in [-0.2, 0) is 14.2 Å². The zero-order chi connectivity index (χ0) is 31.9. The van der Waals surface area contributed by atoms with Crippen LogP contribution in [0.15, 0.2) is 51.8 Å². The summed E-state index contributed by atoms with van der Waals surface area (Å²) >= 11 is 0. The normalized spacial score (nSPS) is 21.2. The molecule has 1 amide bonds. The van der Waals surface area contributed by atoms with E-state index in [0.29, 0.717) is 11.3 Å². The first-order valence-corrected chi connectivity index (χ1v) is 13.8. The number of carbonyl (C=O) groups excluding carboxylic acids is 2. The summed E-state index contributed by atoms with van der Waals surface area (Å²) in [4.78, 5) is 45.4. The number of methoxy groups -OCH3 is 1. The number of aromatic nitrogens is 2. The average molecular weight is 608 g/mol. The van der Waals surface area contributed by atoms with Crippen LogP contribution in [0.1, 0.15) is 51.6 Å². The van der Waals surface area contributed by atoms with E-state index in [2.05, 4.69) is 15.3 Å². The number of aliphatic hydroxyl groups excluding tert-OH is 1. The molecule has 13 nitrogen and oxygen atoms in total. The van der Waals surface area contributed by atoms with Crippen molar-refractivity contribution in [2.75, 3.05) is 12.4 Å². The molecule has 0 spiro atoms. The van der Waals surface area contributed by atoms with Crippen molar-refractivity contribution in [3.63, 3.8) is 0 Å². The van der Waals surface area contributed by atoms with E-state index in [0.717, 1.165) is 5.69 Å². The van der Waals surface area contributed by atoms with Gasteiger partial charge in [0.2, 0.25) is 6.29 Å². The number of pyridine rings is 1. The summed E-state index contributed by atoms with van der Waals surface area (Å²) in [5.74, 6) is -1.66. The first-order chi connectivity index (χ1) is 20.8. The third kappa shape index (κ3) is 5.76. The third-order valence-electron chi connectivity index (χ3n) is 7.46. The van der Waals surface area contributed by atoms with Crippen LogP contribution in [0, 0.1) is 20.8 Å². The number of nitrogens with zero attached hydrogens (tertiary/aromatic N) is 1. The van der Waals surface area contributed by atoms with Crippen LogP contribution in [0.5, 0.6) is 11.5 Å². The van der Waals surface area contributed by atoms with Gasteiger partial charge in [-0.25, -0.2) is 9.59 Å². The number of fused-ring (bicyclic) bond motifs is 1. The lowest BCUT2D eigenvalue weighted by molar-refractivity contribution is -0.305. The molecule has 1 aliphatic heterocycles. The third-order valence-corrected chi connectivity index (χ3v) is 7.46. The minimum absolute atomic E-state index is 0.00725. The van der Waals surface area contributed by atoms with Crippen molar-refractivity contribution in [3.8, 4) is 11.5 Å². The maximum Gasteiger partial charge on any atom is 0.364 e. The number of hydrogen-bond donors (Lipinski definition) is 4. The molecule has 0 unspecified atom stereocenters. The number of rotatable bonds is 7. The summed E-state index contributed by atoms with van der Waals surface area (Å²) in [6.07, 6.45) is -3.40. The number of aromatic amines is 1. The molecule has 1 aliphatic rings. The largest absolute Gasteiger partial charge is 0.505 e. The van der Waals surface area contributed by atoms with Gasteiger partial charge >= 0.3 is 11.6 Å². The van der Waals surface area contributed by atoms with Crippen LogP contribution in [-0.4, -0.2) is 69.4 Å². The van der Waals surface area contributed by atoms with Crippen molar-refractivity contribution < 1.29 is 43.2 Å². The highest BCUT2D eigenvalue weighted by Gasteiger charge is 2.53. The number of amides is 1. The highest BCUT2D eigenvalue weighted by molar-refractivity contribution is 6.06.